The first-order chi connectivity index (χ1) is 29.3. The van der Waals surface area contributed by atoms with Crippen molar-refractivity contribution in [3.63, 3.8) is 0 Å². The molecule has 10 aromatic rings. The minimum Gasteiger partial charge on any atom is -0.208 e. The predicted molar refractivity (Wildman–Crippen MR) is 207 cm³/mol. The molecule has 0 aliphatic heterocycles. The molecule has 0 fully saturated rings. The average molecular weight is 654 g/mol. The Balaban J connectivity index is 1.27. The molecule has 0 radical (unpaired) electrons. The third-order valence-corrected chi connectivity index (χ3v) is 9.76. The van der Waals surface area contributed by atoms with E-state index in [0.717, 1.165) is 43.7 Å². The van der Waals surface area contributed by atoms with Crippen molar-refractivity contribution in [2.24, 2.45) is 0 Å². The van der Waals surface area contributed by atoms with Crippen LogP contribution in [-0.4, -0.2) is 15.0 Å². The summed E-state index contributed by atoms with van der Waals surface area (Å²) in [4.78, 5) is 14.7. The van der Waals surface area contributed by atoms with Crippen LogP contribution in [0.1, 0.15) is 16.4 Å². The van der Waals surface area contributed by atoms with Crippen molar-refractivity contribution in [3.05, 3.63) is 164 Å². The third kappa shape index (κ3) is 4.61. The van der Waals surface area contributed by atoms with Gasteiger partial charge < -0.3 is 0 Å². The Labute approximate surface area is 303 Å². The Morgan fingerprint density at radius 3 is 1.67 bits per heavy atom. The summed E-state index contributed by atoms with van der Waals surface area (Å²) in [6.45, 7) is 0. The fourth-order valence-corrected chi connectivity index (χ4v) is 7.47. The van der Waals surface area contributed by atoms with Crippen LogP contribution in [0.2, 0.25) is 0 Å². The molecule has 0 aliphatic rings. The summed E-state index contributed by atoms with van der Waals surface area (Å²) < 4.78 is 103. The summed E-state index contributed by atoms with van der Waals surface area (Å²) in [5.41, 5.74) is 1.44. The van der Waals surface area contributed by atoms with E-state index in [9.17, 15) is 1.37 Å². The zero-order valence-electron chi connectivity index (χ0n) is 37.4. The first kappa shape index (κ1) is 18.3. The molecule has 0 spiro atoms. The lowest BCUT2D eigenvalue weighted by Crippen LogP contribution is -2.00. The third-order valence-electron chi connectivity index (χ3n) is 8.74. The lowest BCUT2D eigenvalue weighted by Gasteiger charge is -2.13. The molecular weight excluding hydrogens is 615 g/mol. The van der Waals surface area contributed by atoms with E-state index < -0.39 is 42.3 Å². The fraction of sp³-hybridized carbons (Fsp3) is 0. The van der Waals surface area contributed by atoms with E-state index >= 15 is 0 Å². The Bertz CT molecular complexity index is 3510. The molecule has 10 rings (SSSR count). The maximum absolute atomic E-state index is 9.25. The van der Waals surface area contributed by atoms with Gasteiger partial charge in [-0.1, -0.05) is 145 Å². The Morgan fingerprint density at radius 1 is 0.388 bits per heavy atom. The van der Waals surface area contributed by atoms with Gasteiger partial charge in [0.1, 0.15) is 0 Å². The van der Waals surface area contributed by atoms with Crippen LogP contribution in [0.5, 0.6) is 0 Å². The highest BCUT2D eigenvalue weighted by Gasteiger charge is 2.18. The molecule has 0 atom stereocenters. The molecule has 0 saturated carbocycles. The van der Waals surface area contributed by atoms with Crippen molar-refractivity contribution in [2.45, 2.75) is 0 Å². The van der Waals surface area contributed by atoms with Crippen molar-refractivity contribution < 1.29 is 16.4 Å². The van der Waals surface area contributed by atoms with E-state index in [-0.39, 0.29) is 79.0 Å². The Hall–Kier alpha value is -6.23. The first-order valence-electron chi connectivity index (χ1n) is 21.5. The molecule has 0 N–H and O–H groups in total. The topological polar surface area (TPSA) is 38.7 Å². The van der Waals surface area contributed by atoms with Gasteiger partial charge in [-0.25, -0.2) is 15.0 Å². The van der Waals surface area contributed by atoms with Gasteiger partial charge in [-0.15, -0.1) is 11.3 Å². The van der Waals surface area contributed by atoms with Gasteiger partial charge in [0.15, 0.2) is 17.5 Å². The van der Waals surface area contributed by atoms with Crippen molar-refractivity contribution in [1.29, 1.82) is 0 Å². The second kappa shape index (κ2) is 11.2. The minimum absolute atomic E-state index is 0.00478. The van der Waals surface area contributed by atoms with Crippen LogP contribution in [-0.2, 0) is 0 Å². The molecule has 0 saturated heterocycles. The first-order valence-corrected chi connectivity index (χ1v) is 16.3. The summed E-state index contributed by atoms with van der Waals surface area (Å²) in [6.07, 6.45) is 0. The number of hydrogen-bond acceptors (Lipinski definition) is 4. The van der Waals surface area contributed by atoms with E-state index in [1.165, 1.54) is 0 Å². The second-order valence-corrected chi connectivity index (χ2v) is 12.5. The van der Waals surface area contributed by atoms with Crippen molar-refractivity contribution in [1.82, 2.24) is 15.0 Å². The quantitative estimate of drug-likeness (QED) is 0.177. The fourth-order valence-electron chi connectivity index (χ4n) is 6.50. The van der Waals surface area contributed by atoms with Crippen LogP contribution in [0.3, 0.4) is 0 Å². The lowest BCUT2D eigenvalue weighted by molar-refractivity contribution is 1.08. The molecule has 0 unspecified atom stereocenters. The van der Waals surface area contributed by atoms with Gasteiger partial charge in [0, 0.05) is 36.9 Å². The van der Waals surface area contributed by atoms with Gasteiger partial charge >= 0.3 is 0 Å². The van der Waals surface area contributed by atoms with Crippen LogP contribution < -0.4 is 0 Å². The van der Waals surface area contributed by atoms with Gasteiger partial charge in [-0.2, -0.15) is 0 Å². The number of fused-ring (bicyclic) bond motifs is 9. The number of aromatic nitrogens is 3. The Kier molecular flexibility index (Phi) is 4.19. The zero-order valence-corrected chi connectivity index (χ0v) is 26.2. The van der Waals surface area contributed by atoms with E-state index in [1.54, 1.807) is 24.3 Å². The van der Waals surface area contributed by atoms with E-state index in [0.29, 0.717) is 16.7 Å². The monoisotopic (exact) mass is 653 g/mol. The molecule has 2 aromatic heterocycles. The molecular formula is C45H27N3S. The molecule has 3 nitrogen and oxygen atoms in total. The number of thiophene rings is 1. The number of nitrogens with zero attached hydrogens (tertiary/aromatic N) is 3. The van der Waals surface area contributed by atoms with Crippen molar-refractivity contribution in [2.75, 3.05) is 0 Å². The molecule has 0 aliphatic carbocycles. The van der Waals surface area contributed by atoms with Gasteiger partial charge in [-0.05, 0) is 61.6 Å². The molecule has 8 aromatic carbocycles. The smallest absolute Gasteiger partial charge is 0.164 e. The maximum Gasteiger partial charge on any atom is 0.164 e. The minimum atomic E-state index is -0.499. The largest absolute Gasteiger partial charge is 0.208 e. The SMILES string of the molecule is [2H]c1c([2H])c([2H])c(-c2ccc(-c3nc(-c4ccc5c6ccccc6c6ccccc6c5c4)nc(-c4c([2H])c([2H])c([2H])c5sc6c([2H])c([2H])c([2H])c([2H])c6c45)n3)cc2)c([2H])c1[2H]. The second-order valence-electron chi connectivity index (χ2n) is 11.5. The predicted octanol–water partition coefficient (Wildman–Crippen LogP) is 12.4. The van der Waals surface area contributed by atoms with E-state index in [1.807, 2.05) is 42.5 Å². The zero-order chi connectivity index (χ0) is 42.8. The van der Waals surface area contributed by atoms with Crippen molar-refractivity contribution in [3.8, 4) is 45.3 Å². The average Bonchev–Trinajstić information content (AvgIpc) is 3.69. The molecule has 0 bridgehead atoms. The van der Waals surface area contributed by atoms with Gasteiger partial charge in [0.05, 0.1) is 16.4 Å². The van der Waals surface area contributed by atoms with Gasteiger partial charge in [0.2, 0.25) is 0 Å². The summed E-state index contributed by atoms with van der Waals surface area (Å²) in [6, 6.07) is 23.8. The van der Waals surface area contributed by atoms with Crippen LogP contribution >= 0.6 is 11.3 Å². The maximum atomic E-state index is 9.25. The van der Waals surface area contributed by atoms with E-state index in [4.69, 9.17) is 30.0 Å². The van der Waals surface area contributed by atoms with Crippen molar-refractivity contribution >= 4 is 63.8 Å². The van der Waals surface area contributed by atoms with Crippen LogP contribution in [0.25, 0.3) is 97.8 Å². The molecule has 0 amide bonds. The molecule has 228 valence electrons. The number of hydrogen-bond donors (Lipinski definition) is 0. The summed E-state index contributed by atoms with van der Waals surface area (Å²) in [5, 5.41) is 6.44. The summed E-state index contributed by atoms with van der Waals surface area (Å²) in [5.74, 6) is 0.268. The number of rotatable bonds is 4. The van der Waals surface area contributed by atoms with Gasteiger partial charge in [-0.3, -0.25) is 0 Å². The highest BCUT2D eigenvalue weighted by molar-refractivity contribution is 7.25. The standard InChI is InChI=1S/C45H27N3S/c1-2-11-28(12-3-1)29-21-23-30(24-22-29)43-46-44(48-45(47-43)38-18-10-20-41-42(38)37-17-8-9-19-40(37)49-41)31-25-26-36-34-15-5-4-13-32(34)33-14-6-7-16-35(33)39(36)27-31/h1-27H/i1D,2D,3D,8D,9D,10D,11D,12D,17D,18D,19D,20D. The van der Waals surface area contributed by atoms with E-state index in [2.05, 4.69) is 24.3 Å². The normalized spacial score (nSPS) is 15.1. The number of benzene rings is 8. The van der Waals surface area contributed by atoms with Gasteiger partial charge in [0.25, 0.3) is 0 Å². The molecule has 4 heteroatoms. The Morgan fingerprint density at radius 2 is 0.939 bits per heavy atom. The lowest BCUT2D eigenvalue weighted by atomic mass is 9.93. The van der Waals surface area contributed by atoms with Crippen LogP contribution in [0.4, 0.5) is 0 Å². The molecule has 49 heavy (non-hydrogen) atoms. The molecule has 2 heterocycles. The highest BCUT2D eigenvalue weighted by Crippen LogP contribution is 2.41. The van der Waals surface area contributed by atoms with Crippen LogP contribution in [0.15, 0.2) is 164 Å². The van der Waals surface area contributed by atoms with Crippen LogP contribution in [0, 0.1) is 0 Å². The summed E-state index contributed by atoms with van der Waals surface area (Å²) in [7, 11) is 0. The highest BCUT2D eigenvalue weighted by atomic mass is 32.1. The summed E-state index contributed by atoms with van der Waals surface area (Å²) >= 11 is 0.951.